The molecule has 0 radical (unpaired) electrons. The van der Waals surface area contributed by atoms with Crippen LogP contribution in [0.25, 0.3) is 0 Å². The second-order valence-electron chi connectivity index (χ2n) is 4.87. The van der Waals surface area contributed by atoms with Gasteiger partial charge in [0.15, 0.2) is 11.5 Å². The highest BCUT2D eigenvalue weighted by Crippen LogP contribution is 2.33. The number of methoxy groups -OCH3 is 2. The highest BCUT2D eigenvalue weighted by atomic mass is 35.5. The summed E-state index contributed by atoms with van der Waals surface area (Å²) < 4.78 is 10.5. The van der Waals surface area contributed by atoms with E-state index in [0.29, 0.717) is 36.2 Å². The maximum absolute atomic E-state index is 11.1. The van der Waals surface area contributed by atoms with Gasteiger partial charge < -0.3 is 14.6 Å². The Bertz CT molecular complexity index is 559. The van der Waals surface area contributed by atoms with E-state index in [9.17, 15) is 4.79 Å². The summed E-state index contributed by atoms with van der Waals surface area (Å²) in [6, 6.07) is 3.54. The molecule has 0 fully saturated rings. The number of carboxylic acids is 1. The molecule has 1 unspecified atom stereocenters. The molecule has 0 spiro atoms. The molecule has 0 aromatic heterocycles. The predicted octanol–water partition coefficient (Wildman–Crippen LogP) is 2.43. The van der Waals surface area contributed by atoms with Crippen molar-refractivity contribution in [3.63, 3.8) is 0 Å². The van der Waals surface area contributed by atoms with Gasteiger partial charge in [0.25, 0.3) is 0 Å². The van der Waals surface area contributed by atoms with E-state index in [1.165, 1.54) is 0 Å². The van der Waals surface area contributed by atoms with Crippen molar-refractivity contribution in [2.24, 2.45) is 5.92 Å². The van der Waals surface area contributed by atoms with Gasteiger partial charge in [-0.1, -0.05) is 23.8 Å². The van der Waals surface area contributed by atoms with E-state index < -0.39 is 11.9 Å². The Morgan fingerprint density at radius 3 is 2.67 bits per heavy atom. The molecule has 114 valence electrons. The van der Waals surface area contributed by atoms with Crippen LogP contribution in [-0.2, 0) is 11.3 Å². The molecule has 1 aromatic rings. The number of nitrogens with zero attached hydrogens (tertiary/aromatic N) is 1. The lowest BCUT2D eigenvalue weighted by molar-refractivity contribution is -0.140. The highest BCUT2D eigenvalue weighted by Gasteiger charge is 2.22. The molecule has 0 bridgehead atoms. The minimum Gasteiger partial charge on any atom is -0.493 e. The first-order valence-corrected chi connectivity index (χ1v) is 6.95. The molecule has 5 nitrogen and oxygen atoms in total. The van der Waals surface area contributed by atoms with Gasteiger partial charge in [0, 0.05) is 30.7 Å². The maximum Gasteiger partial charge on any atom is 0.311 e. The number of aliphatic carboxylic acids is 1. The fraction of sp³-hybridized carbons (Fsp3) is 0.400. The average Bonchev–Trinajstić information content (AvgIpc) is 2.49. The van der Waals surface area contributed by atoms with E-state index in [-0.39, 0.29) is 0 Å². The van der Waals surface area contributed by atoms with Crippen LogP contribution in [-0.4, -0.2) is 43.3 Å². The first-order chi connectivity index (χ1) is 10.0. The fourth-order valence-corrected chi connectivity index (χ4v) is 2.55. The van der Waals surface area contributed by atoms with Crippen LogP contribution in [0.15, 0.2) is 24.3 Å². The summed E-state index contributed by atoms with van der Waals surface area (Å²) in [6.07, 6.45) is 3.60. The van der Waals surface area contributed by atoms with E-state index in [2.05, 4.69) is 0 Å². The number of rotatable bonds is 5. The van der Waals surface area contributed by atoms with E-state index >= 15 is 0 Å². The van der Waals surface area contributed by atoms with Gasteiger partial charge >= 0.3 is 5.97 Å². The normalized spacial score (nSPS) is 18.5. The van der Waals surface area contributed by atoms with Crippen LogP contribution in [0, 0.1) is 5.92 Å². The Labute approximate surface area is 128 Å². The Balaban J connectivity index is 2.16. The van der Waals surface area contributed by atoms with Crippen molar-refractivity contribution in [1.82, 2.24) is 4.90 Å². The minimum atomic E-state index is -0.811. The standard InChI is InChI=1S/C15H18ClNO4/c1-20-13-6-11(12(16)7-14(13)21-2)9-17-5-3-4-10(8-17)15(18)19/h3-4,6-7,10H,5,8-9H2,1-2H3,(H,18,19). The van der Waals surface area contributed by atoms with Gasteiger partial charge in [0.05, 0.1) is 20.1 Å². The zero-order chi connectivity index (χ0) is 15.4. The van der Waals surface area contributed by atoms with Crippen LogP contribution in [0.2, 0.25) is 5.02 Å². The predicted molar refractivity (Wildman–Crippen MR) is 80.1 cm³/mol. The van der Waals surface area contributed by atoms with Gasteiger partial charge in [-0.3, -0.25) is 9.69 Å². The molecule has 6 heteroatoms. The molecule has 2 rings (SSSR count). The van der Waals surface area contributed by atoms with Crippen molar-refractivity contribution in [1.29, 1.82) is 0 Å². The molecule has 1 heterocycles. The lowest BCUT2D eigenvalue weighted by Gasteiger charge is -2.27. The Kier molecular flexibility index (Phi) is 5.09. The van der Waals surface area contributed by atoms with Crippen molar-refractivity contribution < 1.29 is 19.4 Å². The molecule has 1 atom stereocenters. The lowest BCUT2D eigenvalue weighted by Crippen LogP contribution is -2.35. The van der Waals surface area contributed by atoms with Crippen LogP contribution in [0.5, 0.6) is 11.5 Å². The fourth-order valence-electron chi connectivity index (χ4n) is 2.34. The van der Waals surface area contributed by atoms with Gasteiger partial charge in [-0.15, -0.1) is 0 Å². The maximum atomic E-state index is 11.1. The van der Waals surface area contributed by atoms with Gasteiger partial charge in [-0.05, 0) is 11.6 Å². The van der Waals surface area contributed by atoms with Crippen molar-refractivity contribution in [2.75, 3.05) is 27.3 Å². The quantitative estimate of drug-likeness (QED) is 0.846. The van der Waals surface area contributed by atoms with E-state index in [0.717, 1.165) is 5.56 Å². The van der Waals surface area contributed by atoms with Crippen molar-refractivity contribution in [3.8, 4) is 11.5 Å². The second-order valence-corrected chi connectivity index (χ2v) is 5.27. The Morgan fingerprint density at radius 1 is 1.38 bits per heavy atom. The molecular formula is C15H18ClNO4. The van der Waals surface area contributed by atoms with Crippen LogP contribution in [0.1, 0.15) is 5.56 Å². The van der Waals surface area contributed by atoms with Gasteiger partial charge in [0.1, 0.15) is 0 Å². The number of benzene rings is 1. The zero-order valence-electron chi connectivity index (χ0n) is 12.0. The van der Waals surface area contributed by atoms with Crippen LogP contribution >= 0.6 is 11.6 Å². The molecule has 1 aromatic carbocycles. The zero-order valence-corrected chi connectivity index (χ0v) is 12.8. The topological polar surface area (TPSA) is 59.0 Å². The van der Waals surface area contributed by atoms with Gasteiger partial charge in [-0.25, -0.2) is 0 Å². The number of ether oxygens (including phenoxy) is 2. The first-order valence-electron chi connectivity index (χ1n) is 6.57. The number of hydrogen-bond acceptors (Lipinski definition) is 4. The smallest absolute Gasteiger partial charge is 0.311 e. The van der Waals surface area contributed by atoms with Crippen molar-refractivity contribution in [3.05, 3.63) is 34.9 Å². The lowest BCUT2D eigenvalue weighted by atomic mass is 10.0. The van der Waals surface area contributed by atoms with Crippen LogP contribution in [0.3, 0.4) is 0 Å². The summed E-state index contributed by atoms with van der Waals surface area (Å²) in [5, 5.41) is 9.66. The summed E-state index contributed by atoms with van der Waals surface area (Å²) in [7, 11) is 3.13. The molecule has 0 saturated carbocycles. The largest absolute Gasteiger partial charge is 0.493 e. The monoisotopic (exact) mass is 311 g/mol. The molecule has 21 heavy (non-hydrogen) atoms. The van der Waals surface area contributed by atoms with Gasteiger partial charge in [-0.2, -0.15) is 0 Å². The molecule has 0 saturated heterocycles. The molecule has 1 aliphatic rings. The molecule has 1 aliphatic heterocycles. The third-order valence-corrected chi connectivity index (χ3v) is 3.80. The summed E-state index contributed by atoms with van der Waals surface area (Å²) in [5.74, 6) is -0.0977. The van der Waals surface area contributed by atoms with E-state index in [1.807, 2.05) is 17.0 Å². The van der Waals surface area contributed by atoms with Crippen LogP contribution < -0.4 is 9.47 Å². The summed E-state index contributed by atoms with van der Waals surface area (Å²) in [5.41, 5.74) is 0.883. The molecule has 0 amide bonds. The highest BCUT2D eigenvalue weighted by molar-refractivity contribution is 6.31. The first kappa shape index (κ1) is 15.7. The number of carbonyl (C=O) groups is 1. The van der Waals surface area contributed by atoms with Gasteiger partial charge in [0.2, 0.25) is 0 Å². The molecule has 1 N–H and O–H groups in total. The van der Waals surface area contributed by atoms with Crippen molar-refractivity contribution >= 4 is 17.6 Å². The van der Waals surface area contributed by atoms with E-state index in [1.54, 1.807) is 26.4 Å². The number of carboxylic acid groups (broad SMARTS) is 1. The van der Waals surface area contributed by atoms with E-state index in [4.69, 9.17) is 26.2 Å². The third kappa shape index (κ3) is 3.68. The summed E-state index contributed by atoms with van der Waals surface area (Å²) in [6.45, 7) is 1.73. The van der Waals surface area contributed by atoms with Crippen LogP contribution in [0.4, 0.5) is 0 Å². The third-order valence-electron chi connectivity index (χ3n) is 3.45. The van der Waals surface area contributed by atoms with Crippen molar-refractivity contribution in [2.45, 2.75) is 6.54 Å². The Morgan fingerprint density at radius 2 is 2.05 bits per heavy atom. The minimum absolute atomic E-state index is 0.469. The number of hydrogen-bond donors (Lipinski definition) is 1. The molecular weight excluding hydrogens is 294 g/mol. The second kappa shape index (κ2) is 6.83. The summed E-state index contributed by atoms with van der Waals surface area (Å²) in [4.78, 5) is 13.1. The number of halogens is 1. The average molecular weight is 312 g/mol. The SMILES string of the molecule is COc1cc(Cl)c(CN2CC=CC(C(=O)O)C2)cc1OC. The summed E-state index contributed by atoms with van der Waals surface area (Å²) >= 11 is 6.26. The molecule has 0 aliphatic carbocycles. The Hall–Kier alpha value is -1.72.